The fraction of sp³-hybridized carbons (Fsp3) is 0.300. The Morgan fingerprint density at radius 1 is 0.963 bits per heavy atom. The van der Waals surface area contributed by atoms with Crippen molar-refractivity contribution in [3.05, 3.63) is 47.5 Å². The van der Waals surface area contributed by atoms with Crippen LogP contribution in [0.4, 0.5) is 5.69 Å². The lowest BCUT2D eigenvalue weighted by molar-refractivity contribution is -0.136. The van der Waals surface area contributed by atoms with Crippen molar-refractivity contribution in [3.8, 4) is 17.2 Å². The number of carbonyl (C=O) groups is 2. The molecule has 1 amide bonds. The molecule has 0 aliphatic rings. The fourth-order valence-electron chi connectivity index (χ4n) is 2.69. The van der Waals surface area contributed by atoms with Crippen LogP contribution in [-0.2, 0) is 22.4 Å². The number of carbonyl (C=O) groups excluding carboxylic acids is 1. The zero-order valence-corrected chi connectivity index (χ0v) is 15.6. The van der Waals surface area contributed by atoms with Crippen molar-refractivity contribution in [2.75, 3.05) is 26.6 Å². The van der Waals surface area contributed by atoms with Gasteiger partial charge in [0.15, 0.2) is 11.5 Å². The summed E-state index contributed by atoms with van der Waals surface area (Å²) in [6, 6.07) is 10.4. The zero-order valence-electron chi connectivity index (χ0n) is 15.6. The summed E-state index contributed by atoms with van der Waals surface area (Å²) >= 11 is 0. The van der Waals surface area contributed by atoms with Gasteiger partial charge in [-0.05, 0) is 41.8 Å². The molecule has 2 N–H and O–H groups in total. The topological polar surface area (TPSA) is 94.1 Å². The normalized spacial score (nSPS) is 10.2. The highest BCUT2D eigenvalue weighted by atomic mass is 16.5. The largest absolute Gasteiger partial charge is 0.493 e. The Labute approximate surface area is 157 Å². The number of methoxy groups -OCH3 is 3. The number of amides is 1. The first kappa shape index (κ1) is 20.1. The van der Waals surface area contributed by atoms with Gasteiger partial charge >= 0.3 is 5.97 Å². The van der Waals surface area contributed by atoms with Gasteiger partial charge < -0.3 is 24.6 Å². The Hall–Kier alpha value is -3.22. The van der Waals surface area contributed by atoms with E-state index >= 15 is 0 Å². The van der Waals surface area contributed by atoms with Crippen molar-refractivity contribution >= 4 is 17.6 Å². The third kappa shape index (κ3) is 5.64. The molecular weight excluding hydrogens is 350 g/mol. The van der Waals surface area contributed by atoms with E-state index in [0.717, 1.165) is 5.56 Å². The van der Waals surface area contributed by atoms with Crippen LogP contribution < -0.4 is 19.5 Å². The standard InChI is InChI=1S/C20H23NO6/c1-25-16-10-14(11-17(26-2)20(16)27-3)7-8-18(22)21-15-6-4-5-13(9-15)12-19(23)24/h4-6,9-11H,7-8,12H2,1-3H3,(H,21,22)(H,23,24). The van der Waals surface area contributed by atoms with E-state index in [-0.39, 0.29) is 18.7 Å². The van der Waals surface area contributed by atoms with Crippen LogP contribution >= 0.6 is 0 Å². The van der Waals surface area contributed by atoms with Gasteiger partial charge in [0, 0.05) is 12.1 Å². The number of anilines is 1. The molecule has 0 fully saturated rings. The summed E-state index contributed by atoms with van der Waals surface area (Å²) in [5.41, 5.74) is 2.08. The van der Waals surface area contributed by atoms with Crippen molar-refractivity contribution in [3.63, 3.8) is 0 Å². The van der Waals surface area contributed by atoms with Crippen LogP contribution in [0.3, 0.4) is 0 Å². The second-order valence-corrected chi connectivity index (χ2v) is 5.85. The summed E-state index contributed by atoms with van der Waals surface area (Å²) in [6.07, 6.45) is 0.647. The van der Waals surface area contributed by atoms with E-state index in [0.29, 0.717) is 34.9 Å². The van der Waals surface area contributed by atoms with E-state index < -0.39 is 5.97 Å². The zero-order chi connectivity index (χ0) is 19.8. The van der Waals surface area contributed by atoms with Gasteiger partial charge in [0.05, 0.1) is 27.8 Å². The smallest absolute Gasteiger partial charge is 0.307 e. The minimum atomic E-state index is -0.916. The van der Waals surface area contributed by atoms with E-state index in [9.17, 15) is 9.59 Å². The van der Waals surface area contributed by atoms with Gasteiger partial charge in [-0.3, -0.25) is 9.59 Å². The van der Waals surface area contributed by atoms with Crippen molar-refractivity contribution in [2.45, 2.75) is 19.3 Å². The van der Waals surface area contributed by atoms with Crippen LogP contribution in [-0.4, -0.2) is 38.3 Å². The first-order chi connectivity index (χ1) is 13.0. The Bertz CT molecular complexity index is 793. The van der Waals surface area contributed by atoms with Crippen LogP contribution in [0.5, 0.6) is 17.2 Å². The Morgan fingerprint density at radius 3 is 2.19 bits per heavy atom. The van der Waals surface area contributed by atoms with Gasteiger partial charge in [-0.15, -0.1) is 0 Å². The summed E-state index contributed by atoms with van der Waals surface area (Å²) in [5.74, 6) is 0.489. The number of carboxylic acid groups (broad SMARTS) is 1. The SMILES string of the molecule is COc1cc(CCC(=O)Nc2cccc(CC(=O)O)c2)cc(OC)c1OC. The predicted molar refractivity (Wildman–Crippen MR) is 101 cm³/mol. The highest BCUT2D eigenvalue weighted by Crippen LogP contribution is 2.38. The van der Waals surface area contributed by atoms with E-state index in [1.165, 1.54) is 21.3 Å². The number of carboxylic acids is 1. The molecule has 2 aromatic carbocycles. The molecule has 144 valence electrons. The number of rotatable bonds is 9. The molecule has 0 radical (unpaired) electrons. The molecule has 0 heterocycles. The van der Waals surface area contributed by atoms with Crippen LogP contribution in [0.25, 0.3) is 0 Å². The van der Waals surface area contributed by atoms with E-state index in [1.807, 2.05) is 12.1 Å². The summed E-state index contributed by atoms with van der Waals surface area (Å²) in [4.78, 5) is 23.0. The van der Waals surface area contributed by atoms with Crippen molar-refractivity contribution in [1.29, 1.82) is 0 Å². The molecule has 7 heteroatoms. The maximum atomic E-state index is 12.2. The van der Waals surface area contributed by atoms with Gasteiger partial charge in [0.2, 0.25) is 11.7 Å². The molecule has 27 heavy (non-hydrogen) atoms. The molecule has 0 bridgehead atoms. The molecule has 0 spiro atoms. The monoisotopic (exact) mass is 373 g/mol. The Balaban J connectivity index is 2.02. The molecular formula is C20H23NO6. The fourth-order valence-corrected chi connectivity index (χ4v) is 2.69. The van der Waals surface area contributed by atoms with Crippen LogP contribution in [0.1, 0.15) is 17.5 Å². The number of hydrogen-bond acceptors (Lipinski definition) is 5. The summed E-state index contributed by atoms with van der Waals surface area (Å²) in [6.45, 7) is 0. The van der Waals surface area contributed by atoms with Gasteiger partial charge in [-0.2, -0.15) is 0 Å². The Morgan fingerprint density at radius 2 is 1.63 bits per heavy atom. The van der Waals surface area contributed by atoms with Crippen molar-refractivity contribution < 1.29 is 28.9 Å². The number of ether oxygens (including phenoxy) is 3. The first-order valence-corrected chi connectivity index (χ1v) is 8.36. The summed E-state index contributed by atoms with van der Waals surface area (Å²) < 4.78 is 15.9. The maximum absolute atomic E-state index is 12.2. The molecule has 7 nitrogen and oxygen atoms in total. The number of nitrogens with one attached hydrogen (secondary N) is 1. The summed E-state index contributed by atoms with van der Waals surface area (Å²) in [5, 5.41) is 11.6. The third-order valence-electron chi connectivity index (χ3n) is 3.93. The van der Waals surface area contributed by atoms with E-state index in [2.05, 4.69) is 5.32 Å². The predicted octanol–water partition coefficient (Wildman–Crippen LogP) is 2.91. The molecule has 0 saturated carbocycles. The van der Waals surface area contributed by atoms with Crippen LogP contribution in [0, 0.1) is 0 Å². The number of aliphatic carboxylic acids is 1. The molecule has 0 atom stereocenters. The second-order valence-electron chi connectivity index (χ2n) is 5.85. The number of hydrogen-bond donors (Lipinski definition) is 2. The highest BCUT2D eigenvalue weighted by molar-refractivity contribution is 5.91. The molecule has 0 aromatic heterocycles. The Kier molecular flexibility index (Phi) is 7.05. The third-order valence-corrected chi connectivity index (χ3v) is 3.93. The molecule has 2 rings (SSSR count). The molecule has 0 unspecified atom stereocenters. The van der Waals surface area contributed by atoms with E-state index in [1.54, 1.807) is 24.3 Å². The minimum absolute atomic E-state index is 0.0881. The quantitative estimate of drug-likeness (QED) is 0.702. The highest BCUT2D eigenvalue weighted by Gasteiger charge is 2.14. The van der Waals surface area contributed by atoms with Crippen LogP contribution in [0.15, 0.2) is 36.4 Å². The van der Waals surface area contributed by atoms with Crippen molar-refractivity contribution in [1.82, 2.24) is 0 Å². The molecule has 2 aromatic rings. The average molecular weight is 373 g/mol. The van der Waals surface area contributed by atoms with Gasteiger partial charge in [0.1, 0.15) is 0 Å². The minimum Gasteiger partial charge on any atom is -0.493 e. The van der Waals surface area contributed by atoms with Crippen LogP contribution in [0.2, 0.25) is 0 Å². The molecule has 0 aliphatic heterocycles. The lowest BCUT2D eigenvalue weighted by Crippen LogP contribution is -2.13. The van der Waals surface area contributed by atoms with Crippen molar-refractivity contribution in [2.24, 2.45) is 0 Å². The van der Waals surface area contributed by atoms with E-state index in [4.69, 9.17) is 19.3 Å². The summed E-state index contributed by atoms with van der Waals surface area (Å²) in [7, 11) is 4.61. The average Bonchev–Trinajstić information content (AvgIpc) is 2.65. The maximum Gasteiger partial charge on any atom is 0.307 e. The van der Waals surface area contributed by atoms with Gasteiger partial charge in [-0.25, -0.2) is 0 Å². The molecule has 0 aliphatic carbocycles. The lowest BCUT2D eigenvalue weighted by Gasteiger charge is -2.14. The lowest BCUT2D eigenvalue weighted by atomic mass is 10.1. The molecule has 0 saturated heterocycles. The first-order valence-electron chi connectivity index (χ1n) is 8.36. The number of aryl methyl sites for hydroxylation is 1. The van der Waals surface area contributed by atoms with Gasteiger partial charge in [-0.1, -0.05) is 12.1 Å². The number of benzene rings is 2. The second kappa shape index (κ2) is 9.47. The van der Waals surface area contributed by atoms with Gasteiger partial charge in [0.25, 0.3) is 0 Å².